The van der Waals surface area contributed by atoms with Gasteiger partial charge in [0, 0.05) is 32.7 Å². The Morgan fingerprint density at radius 3 is 2.15 bits per heavy atom. The maximum atomic E-state index is 10.0. The van der Waals surface area contributed by atoms with Crippen LogP contribution >= 0.6 is 24.8 Å². The number of halogens is 2. The molecule has 0 aromatic rings. The number of aliphatic hydroxyl groups excluding tert-OH is 1. The van der Waals surface area contributed by atoms with Gasteiger partial charge in [-0.3, -0.25) is 4.90 Å². The van der Waals surface area contributed by atoms with Crippen LogP contribution in [0.5, 0.6) is 0 Å². The molecule has 0 radical (unpaired) electrons. The average molecular weight is 329 g/mol. The highest BCUT2D eigenvalue weighted by atomic mass is 35.5. The molecule has 122 valence electrons. The van der Waals surface area contributed by atoms with Crippen molar-refractivity contribution in [2.45, 2.75) is 44.8 Å². The minimum Gasteiger partial charge on any atom is -0.389 e. The van der Waals surface area contributed by atoms with Crippen LogP contribution in [0.2, 0.25) is 0 Å². The van der Waals surface area contributed by atoms with Gasteiger partial charge >= 0.3 is 0 Å². The molecule has 1 aliphatic carbocycles. The van der Waals surface area contributed by atoms with Crippen LogP contribution < -0.4 is 0 Å². The van der Waals surface area contributed by atoms with Crippen LogP contribution in [0.1, 0.15) is 32.6 Å². The molecule has 4 nitrogen and oxygen atoms in total. The van der Waals surface area contributed by atoms with Gasteiger partial charge < -0.3 is 14.7 Å². The van der Waals surface area contributed by atoms with Gasteiger partial charge in [-0.2, -0.15) is 0 Å². The van der Waals surface area contributed by atoms with E-state index < -0.39 is 0 Å². The number of nitrogens with zero attached hydrogens (tertiary/aromatic N) is 2. The molecule has 0 bridgehead atoms. The van der Waals surface area contributed by atoms with E-state index in [0.717, 1.165) is 39.3 Å². The molecule has 0 aromatic heterocycles. The Morgan fingerprint density at radius 2 is 1.60 bits per heavy atom. The summed E-state index contributed by atoms with van der Waals surface area (Å²) in [4.78, 5) is 4.81. The highest BCUT2D eigenvalue weighted by Gasteiger charge is 2.20. The summed E-state index contributed by atoms with van der Waals surface area (Å²) in [7, 11) is 0. The zero-order chi connectivity index (χ0) is 12.8. The van der Waals surface area contributed by atoms with Crippen LogP contribution in [-0.2, 0) is 4.74 Å². The molecular formula is C14H30Cl2N2O2. The van der Waals surface area contributed by atoms with Crippen LogP contribution in [0.3, 0.4) is 0 Å². The summed E-state index contributed by atoms with van der Waals surface area (Å²) >= 11 is 0. The van der Waals surface area contributed by atoms with Crippen LogP contribution in [-0.4, -0.2) is 73.0 Å². The predicted molar refractivity (Wildman–Crippen MR) is 87.3 cm³/mol. The number of β-amino-alcohol motifs (C(OH)–C–C–N with tert-alkyl or cyclic N) is 1. The van der Waals surface area contributed by atoms with E-state index in [9.17, 15) is 5.11 Å². The average Bonchev–Trinajstić information content (AvgIpc) is 2.90. The molecule has 2 rings (SSSR count). The van der Waals surface area contributed by atoms with Crippen molar-refractivity contribution in [3.63, 3.8) is 0 Å². The Bertz CT molecular complexity index is 233. The van der Waals surface area contributed by atoms with Crippen molar-refractivity contribution < 1.29 is 9.84 Å². The summed E-state index contributed by atoms with van der Waals surface area (Å²) in [5.74, 6) is 0. The number of aliphatic hydroxyl groups is 1. The first-order valence-electron chi connectivity index (χ1n) is 7.52. The van der Waals surface area contributed by atoms with Crippen molar-refractivity contribution in [2.75, 3.05) is 45.9 Å². The number of piperazine rings is 1. The number of ether oxygens (including phenoxy) is 1. The van der Waals surface area contributed by atoms with Crippen LogP contribution in [0.4, 0.5) is 0 Å². The van der Waals surface area contributed by atoms with Gasteiger partial charge in [-0.05, 0) is 19.4 Å². The third-order valence-electron chi connectivity index (χ3n) is 4.21. The van der Waals surface area contributed by atoms with E-state index in [0.29, 0.717) is 12.7 Å². The number of hydrogen-bond donors (Lipinski definition) is 1. The molecule has 1 saturated heterocycles. The first kappa shape index (κ1) is 20.4. The van der Waals surface area contributed by atoms with Crippen LogP contribution in [0.15, 0.2) is 0 Å². The van der Waals surface area contributed by atoms with Gasteiger partial charge in [-0.15, -0.1) is 24.8 Å². The minimum atomic E-state index is -0.321. The van der Waals surface area contributed by atoms with E-state index in [1.54, 1.807) is 0 Å². The van der Waals surface area contributed by atoms with E-state index >= 15 is 0 Å². The van der Waals surface area contributed by atoms with E-state index in [4.69, 9.17) is 4.74 Å². The van der Waals surface area contributed by atoms with Crippen molar-refractivity contribution in [1.82, 2.24) is 9.80 Å². The maximum absolute atomic E-state index is 10.0. The molecule has 1 aliphatic heterocycles. The molecule has 1 atom stereocenters. The Morgan fingerprint density at radius 1 is 1.05 bits per heavy atom. The van der Waals surface area contributed by atoms with Gasteiger partial charge in [0.25, 0.3) is 0 Å². The van der Waals surface area contributed by atoms with Gasteiger partial charge in [0.05, 0.1) is 18.8 Å². The standard InChI is InChI=1S/C14H28N2O2.2ClH/c1-2-15-7-9-16(10-8-15)11-13(17)12-18-14-5-3-4-6-14;;/h13-14,17H,2-12H2,1H3;2*1H. The molecule has 0 spiro atoms. The Hall–Kier alpha value is 0.420. The highest BCUT2D eigenvalue weighted by Crippen LogP contribution is 2.20. The summed E-state index contributed by atoms with van der Waals surface area (Å²) in [6.45, 7) is 9.05. The maximum Gasteiger partial charge on any atom is 0.0900 e. The number of likely N-dealkylation sites (N-methyl/N-ethyl adjacent to an activating group) is 1. The lowest BCUT2D eigenvalue weighted by Gasteiger charge is -2.35. The van der Waals surface area contributed by atoms with E-state index in [2.05, 4.69) is 16.7 Å². The predicted octanol–water partition coefficient (Wildman–Crippen LogP) is 1.79. The van der Waals surface area contributed by atoms with Crippen LogP contribution in [0, 0.1) is 0 Å². The Balaban J connectivity index is 0.00000180. The van der Waals surface area contributed by atoms with Crippen LogP contribution in [0.25, 0.3) is 0 Å². The van der Waals surface area contributed by atoms with Crippen molar-refractivity contribution in [3.8, 4) is 0 Å². The molecule has 1 unspecified atom stereocenters. The van der Waals surface area contributed by atoms with Gasteiger partial charge in [-0.25, -0.2) is 0 Å². The van der Waals surface area contributed by atoms with Gasteiger partial charge in [0.15, 0.2) is 0 Å². The number of hydrogen-bond acceptors (Lipinski definition) is 4. The molecule has 1 N–H and O–H groups in total. The first-order valence-corrected chi connectivity index (χ1v) is 7.52. The summed E-state index contributed by atoms with van der Waals surface area (Å²) < 4.78 is 5.76. The lowest BCUT2D eigenvalue weighted by atomic mass is 10.2. The van der Waals surface area contributed by atoms with Gasteiger partial charge in [0.1, 0.15) is 0 Å². The second-order valence-electron chi connectivity index (χ2n) is 5.63. The van der Waals surface area contributed by atoms with Crippen molar-refractivity contribution >= 4 is 24.8 Å². The molecule has 0 amide bonds. The van der Waals surface area contributed by atoms with Crippen molar-refractivity contribution in [3.05, 3.63) is 0 Å². The molecule has 0 aromatic carbocycles. The zero-order valence-corrected chi connectivity index (χ0v) is 14.1. The summed E-state index contributed by atoms with van der Waals surface area (Å²) in [5.41, 5.74) is 0. The fourth-order valence-corrected chi connectivity index (χ4v) is 2.94. The second-order valence-corrected chi connectivity index (χ2v) is 5.63. The monoisotopic (exact) mass is 328 g/mol. The van der Waals surface area contributed by atoms with Gasteiger partial charge in [0.2, 0.25) is 0 Å². The lowest BCUT2D eigenvalue weighted by molar-refractivity contribution is -0.0231. The molecule has 1 heterocycles. The van der Waals surface area contributed by atoms with E-state index in [-0.39, 0.29) is 30.9 Å². The Kier molecular flexibility index (Phi) is 11.3. The summed E-state index contributed by atoms with van der Waals surface area (Å²) in [6.07, 6.45) is 5.04. The summed E-state index contributed by atoms with van der Waals surface area (Å²) in [6, 6.07) is 0. The summed E-state index contributed by atoms with van der Waals surface area (Å²) in [5, 5.41) is 10.0. The first-order chi connectivity index (χ1) is 8.78. The number of rotatable bonds is 6. The van der Waals surface area contributed by atoms with Gasteiger partial charge in [-0.1, -0.05) is 19.8 Å². The zero-order valence-electron chi connectivity index (χ0n) is 12.5. The normalized spacial score (nSPS) is 23.1. The quantitative estimate of drug-likeness (QED) is 0.806. The van der Waals surface area contributed by atoms with E-state index in [1.165, 1.54) is 25.7 Å². The van der Waals surface area contributed by atoms with Crippen molar-refractivity contribution in [1.29, 1.82) is 0 Å². The Labute approximate surface area is 135 Å². The smallest absolute Gasteiger partial charge is 0.0900 e. The SMILES string of the molecule is CCN1CCN(CC(O)COC2CCCC2)CC1.Cl.Cl. The lowest BCUT2D eigenvalue weighted by Crippen LogP contribution is -2.48. The van der Waals surface area contributed by atoms with E-state index in [1.807, 2.05) is 0 Å². The van der Waals surface area contributed by atoms with Crippen molar-refractivity contribution in [2.24, 2.45) is 0 Å². The third-order valence-corrected chi connectivity index (χ3v) is 4.21. The molecule has 20 heavy (non-hydrogen) atoms. The third kappa shape index (κ3) is 6.92. The topological polar surface area (TPSA) is 35.9 Å². The molecule has 2 aliphatic rings. The highest BCUT2D eigenvalue weighted by molar-refractivity contribution is 5.85. The minimum absolute atomic E-state index is 0. The second kappa shape index (κ2) is 11.0. The largest absolute Gasteiger partial charge is 0.389 e. The molecule has 2 fully saturated rings. The molecular weight excluding hydrogens is 299 g/mol. The fraction of sp³-hybridized carbons (Fsp3) is 1.00. The molecule has 6 heteroatoms. The fourth-order valence-electron chi connectivity index (χ4n) is 2.94. The molecule has 1 saturated carbocycles.